The number of amides is 3. The number of carbonyl (C=O) groups is 4. The molecule has 4 aromatic rings. The molecule has 238 valence electrons. The summed E-state index contributed by atoms with van der Waals surface area (Å²) in [6.45, 7) is 3.70. The molecule has 0 radical (unpaired) electrons. The molecule has 0 aliphatic heterocycles. The number of hydrogen-bond donors (Lipinski definition) is 8. The number of benzene rings is 2. The second-order valence-electron chi connectivity index (χ2n) is 11.5. The number of nitrogens with two attached hydrogens (primary N) is 1. The second kappa shape index (κ2) is 15.0. The lowest BCUT2D eigenvalue weighted by Gasteiger charge is -2.26. The van der Waals surface area contributed by atoms with Gasteiger partial charge in [-0.1, -0.05) is 44.2 Å². The van der Waals surface area contributed by atoms with Gasteiger partial charge in [0.2, 0.25) is 17.7 Å². The van der Waals surface area contributed by atoms with Gasteiger partial charge in [0.1, 0.15) is 23.9 Å². The molecule has 9 N–H and O–H groups in total. The van der Waals surface area contributed by atoms with E-state index in [2.05, 4.69) is 30.9 Å². The number of hydrogen-bond acceptors (Lipinski definition) is 7. The predicted molar refractivity (Wildman–Crippen MR) is 167 cm³/mol. The number of aromatic hydroxyl groups is 1. The third kappa shape index (κ3) is 9.16. The van der Waals surface area contributed by atoms with Crippen molar-refractivity contribution in [1.82, 2.24) is 30.9 Å². The second-order valence-corrected chi connectivity index (χ2v) is 11.5. The maximum Gasteiger partial charge on any atom is 0.326 e. The molecular formula is C32H39N7O6. The van der Waals surface area contributed by atoms with Gasteiger partial charge in [-0.25, -0.2) is 9.78 Å². The Bertz CT molecular complexity index is 1600. The summed E-state index contributed by atoms with van der Waals surface area (Å²) in [7, 11) is 0. The van der Waals surface area contributed by atoms with E-state index in [1.807, 2.05) is 38.1 Å². The van der Waals surface area contributed by atoms with E-state index in [0.29, 0.717) is 11.3 Å². The Hall–Kier alpha value is -5.17. The van der Waals surface area contributed by atoms with Crippen molar-refractivity contribution >= 4 is 34.6 Å². The van der Waals surface area contributed by atoms with Gasteiger partial charge in [0, 0.05) is 48.3 Å². The fraction of sp³-hybridized carbons (Fsp3) is 0.344. The molecule has 45 heavy (non-hydrogen) atoms. The van der Waals surface area contributed by atoms with Crippen LogP contribution >= 0.6 is 0 Å². The van der Waals surface area contributed by atoms with Crippen molar-refractivity contribution in [1.29, 1.82) is 0 Å². The number of aromatic amines is 2. The van der Waals surface area contributed by atoms with Crippen molar-refractivity contribution in [2.45, 2.75) is 63.7 Å². The molecule has 0 fully saturated rings. The van der Waals surface area contributed by atoms with Crippen molar-refractivity contribution in [3.05, 3.63) is 84.1 Å². The minimum atomic E-state index is -1.18. The van der Waals surface area contributed by atoms with Gasteiger partial charge in [-0.05, 0) is 41.7 Å². The van der Waals surface area contributed by atoms with Gasteiger partial charge in [-0.15, -0.1) is 0 Å². The molecular weight excluding hydrogens is 578 g/mol. The highest BCUT2D eigenvalue weighted by atomic mass is 16.4. The smallest absolute Gasteiger partial charge is 0.326 e. The molecule has 2 aromatic heterocycles. The monoisotopic (exact) mass is 617 g/mol. The van der Waals surface area contributed by atoms with E-state index < -0.39 is 47.9 Å². The molecule has 0 spiro atoms. The summed E-state index contributed by atoms with van der Waals surface area (Å²) in [6.07, 6.45) is 5.18. The highest BCUT2D eigenvalue weighted by Crippen LogP contribution is 2.20. The molecule has 13 heteroatoms. The lowest BCUT2D eigenvalue weighted by atomic mass is 10.00. The number of rotatable bonds is 15. The van der Waals surface area contributed by atoms with E-state index >= 15 is 0 Å². The number of nitrogens with one attached hydrogen (secondary N) is 5. The number of fused-ring (bicyclic) bond motifs is 1. The van der Waals surface area contributed by atoms with Crippen molar-refractivity contribution in [2.24, 2.45) is 11.7 Å². The fourth-order valence-corrected chi connectivity index (χ4v) is 5.05. The van der Waals surface area contributed by atoms with Gasteiger partial charge >= 0.3 is 5.97 Å². The normalized spacial score (nSPS) is 14.0. The number of aliphatic carboxylic acids is 1. The number of carbonyl (C=O) groups excluding carboxylic acids is 3. The SMILES string of the molecule is CC(C)CC(NC(=O)C(Cc1c[nH]c2ccccc12)NC(=O)C(Cc1ccc(O)cc1)NC(=O)C(N)Cc1cnc[nH]1)C(=O)O. The summed E-state index contributed by atoms with van der Waals surface area (Å²) in [6, 6.07) is 9.15. The van der Waals surface area contributed by atoms with Crippen LogP contribution in [0.3, 0.4) is 0 Å². The number of carboxylic acids is 1. The summed E-state index contributed by atoms with van der Waals surface area (Å²) >= 11 is 0. The van der Waals surface area contributed by atoms with Gasteiger partial charge in [0.05, 0.1) is 12.4 Å². The van der Waals surface area contributed by atoms with E-state index in [4.69, 9.17) is 5.73 Å². The molecule has 13 nitrogen and oxygen atoms in total. The van der Waals surface area contributed by atoms with Crippen LogP contribution in [0.2, 0.25) is 0 Å². The zero-order chi connectivity index (χ0) is 32.5. The van der Waals surface area contributed by atoms with Gasteiger partial charge < -0.3 is 41.9 Å². The highest BCUT2D eigenvalue weighted by Gasteiger charge is 2.31. The summed E-state index contributed by atoms with van der Waals surface area (Å²) < 4.78 is 0. The minimum Gasteiger partial charge on any atom is -0.508 e. The third-order valence-corrected chi connectivity index (χ3v) is 7.39. The van der Waals surface area contributed by atoms with E-state index in [1.54, 1.807) is 24.5 Å². The van der Waals surface area contributed by atoms with Crippen LogP contribution in [0.5, 0.6) is 5.75 Å². The van der Waals surface area contributed by atoms with Crippen LogP contribution in [0.1, 0.15) is 37.1 Å². The molecule has 3 amide bonds. The molecule has 4 rings (SSSR count). The first-order chi connectivity index (χ1) is 21.5. The first kappa shape index (κ1) is 32.7. The Morgan fingerprint density at radius 3 is 2.13 bits per heavy atom. The molecule has 0 saturated carbocycles. The molecule has 0 saturated heterocycles. The standard InChI is InChI=1S/C32H39N7O6/c1-18(2)11-28(32(44)45)39-31(43)27(13-20-15-35-25-6-4-3-5-23(20)25)38-30(42)26(12-19-7-9-22(40)10-8-19)37-29(41)24(33)14-21-16-34-17-36-21/h3-10,15-18,24,26-28,35,40H,11-14,33H2,1-2H3,(H,34,36)(H,37,41)(H,38,42)(H,39,43)(H,44,45). The summed E-state index contributed by atoms with van der Waals surface area (Å²) in [5.41, 5.74) is 8.99. The fourth-order valence-electron chi connectivity index (χ4n) is 5.05. The van der Waals surface area contributed by atoms with Crippen LogP contribution in [0.4, 0.5) is 0 Å². The maximum absolute atomic E-state index is 13.9. The molecule has 4 atom stereocenters. The lowest BCUT2D eigenvalue weighted by Crippen LogP contribution is -2.58. The van der Waals surface area contributed by atoms with E-state index in [1.165, 1.54) is 18.5 Å². The average Bonchev–Trinajstić information content (AvgIpc) is 3.67. The van der Waals surface area contributed by atoms with E-state index in [-0.39, 0.29) is 37.4 Å². The number of aromatic nitrogens is 3. The van der Waals surface area contributed by atoms with Gasteiger partial charge in [-0.2, -0.15) is 0 Å². The average molecular weight is 618 g/mol. The van der Waals surface area contributed by atoms with E-state index in [9.17, 15) is 29.4 Å². The van der Waals surface area contributed by atoms with Crippen LogP contribution in [-0.4, -0.2) is 73.0 Å². The van der Waals surface area contributed by atoms with Crippen LogP contribution in [-0.2, 0) is 38.4 Å². The molecule has 0 aliphatic rings. The van der Waals surface area contributed by atoms with Gasteiger partial charge in [0.25, 0.3) is 0 Å². The topological polar surface area (TPSA) is 215 Å². The number of para-hydroxylation sites is 1. The van der Waals surface area contributed by atoms with E-state index in [0.717, 1.165) is 16.5 Å². The van der Waals surface area contributed by atoms with Crippen molar-refractivity contribution in [3.63, 3.8) is 0 Å². The Morgan fingerprint density at radius 1 is 0.844 bits per heavy atom. The zero-order valence-electron chi connectivity index (χ0n) is 25.1. The number of imidazole rings is 1. The summed E-state index contributed by atoms with van der Waals surface area (Å²) in [4.78, 5) is 62.5. The first-order valence-electron chi connectivity index (χ1n) is 14.7. The van der Waals surface area contributed by atoms with Gasteiger partial charge in [-0.3, -0.25) is 14.4 Å². The number of phenolic OH excluding ortho intramolecular Hbond substituents is 1. The Morgan fingerprint density at radius 2 is 1.49 bits per heavy atom. The van der Waals surface area contributed by atoms with Crippen molar-refractivity contribution in [2.75, 3.05) is 0 Å². The third-order valence-electron chi connectivity index (χ3n) is 7.39. The molecule has 0 bridgehead atoms. The molecule has 2 heterocycles. The Labute approximate surface area is 260 Å². The van der Waals surface area contributed by atoms with Crippen molar-refractivity contribution < 1.29 is 29.4 Å². The highest BCUT2D eigenvalue weighted by molar-refractivity contribution is 5.95. The molecule has 0 aliphatic carbocycles. The van der Waals surface area contributed by atoms with Crippen LogP contribution in [0.15, 0.2) is 67.3 Å². The summed E-state index contributed by atoms with van der Waals surface area (Å²) in [5, 5.41) is 28.4. The van der Waals surface area contributed by atoms with Crippen LogP contribution in [0, 0.1) is 5.92 Å². The molecule has 2 aromatic carbocycles. The van der Waals surface area contributed by atoms with Crippen LogP contribution < -0.4 is 21.7 Å². The number of phenols is 1. The largest absolute Gasteiger partial charge is 0.508 e. The Kier molecular flexibility index (Phi) is 10.9. The first-order valence-corrected chi connectivity index (χ1v) is 14.7. The molecule has 4 unspecified atom stereocenters. The number of carboxylic acid groups (broad SMARTS) is 1. The summed E-state index contributed by atoms with van der Waals surface area (Å²) in [5.74, 6) is -3.09. The van der Waals surface area contributed by atoms with Crippen LogP contribution in [0.25, 0.3) is 10.9 Å². The van der Waals surface area contributed by atoms with Gasteiger partial charge in [0.15, 0.2) is 0 Å². The quantitative estimate of drug-likeness (QED) is 0.0977. The number of H-pyrrole nitrogens is 2. The lowest BCUT2D eigenvalue weighted by molar-refractivity contribution is -0.142. The predicted octanol–water partition coefficient (Wildman–Crippen LogP) is 1.54. The minimum absolute atomic E-state index is 0.0103. The number of nitrogens with zero attached hydrogens (tertiary/aromatic N) is 1. The Balaban J connectivity index is 1.59. The van der Waals surface area contributed by atoms with Crippen molar-refractivity contribution in [3.8, 4) is 5.75 Å². The zero-order valence-corrected chi connectivity index (χ0v) is 25.1. The maximum atomic E-state index is 13.9.